The fraction of sp³-hybridized carbons (Fsp3) is 0.200. The zero-order valence-electron chi connectivity index (χ0n) is 11.8. The first-order valence-electron chi connectivity index (χ1n) is 6.71. The fourth-order valence-electron chi connectivity index (χ4n) is 2.03. The van der Waals surface area contributed by atoms with Gasteiger partial charge >= 0.3 is 0 Å². The molecule has 2 aromatic rings. The van der Waals surface area contributed by atoms with Gasteiger partial charge in [0.1, 0.15) is 0 Å². The van der Waals surface area contributed by atoms with E-state index in [4.69, 9.17) is 0 Å². The predicted molar refractivity (Wildman–Crippen MR) is 83.9 cm³/mol. The van der Waals surface area contributed by atoms with Crippen LogP contribution in [-0.2, 0) is 22.2 Å². The molecule has 0 saturated heterocycles. The van der Waals surface area contributed by atoms with E-state index >= 15 is 0 Å². The van der Waals surface area contributed by atoms with E-state index in [0.717, 1.165) is 5.56 Å². The summed E-state index contributed by atoms with van der Waals surface area (Å²) in [6.07, 6.45) is 0.592. The van der Waals surface area contributed by atoms with Crippen molar-refractivity contribution in [3.05, 3.63) is 75.8 Å². The third-order valence-corrected chi connectivity index (χ3v) is 4.41. The van der Waals surface area contributed by atoms with Crippen LogP contribution >= 0.6 is 0 Å². The molecule has 22 heavy (non-hydrogen) atoms. The molecule has 0 aromatic heterocycles. The minimum Gasteiger partial charge on any atom is -0.258 e. The molecule has 2 aromatic carbocycles. The second-order valence-electron chi connectivity index (χ2n) is 4.82. The molecule has 0 aliphatic carbocycles. The molecule has 0 fully saturated rings. The Balaban J connectivity index is 1.93. The molecule has 0 heterocycles. The second-order valence-corrected chi connectivity index (χ2v) is 6.62. The molecule has 0 atom stereocenters. The van der Waals surface area contributed by atoms with E-state index in [1.807, 2.05) is 30.3 Å². The van der Waals surface area contributed by atoms with Gasteiger partial charge < -0.3 is 0 Å². The highest BCUT2D eigenvalue weighted by Crippen LogP contribution is 2.14. The third-order valence-electron chi connectivity index (χ3n) is 3.06. The van der Waals surface area contributed by atoms with Gasteiger partial charge in [0.2, 0.25) is 10.0 Å². The SMILES string of the molecule is O=[N+]([O-])c1cccc(CS(=O)(=O)NCCc2ccccc2)c1. The average molecular weight is 320 g/mol. The molecule has 0 bridgehead atoms. The van der Waals surface area contributed by atoms with E-state index in [9.17, 15) is 18.5 Å². The summed E-state index contributed by atoms with van der Waals surface area (Å²) in [5.74, 6) is -0.274. The summed E-state index contributed by atoms with van der Waals surface area (Å²) in [5.41, 5.74) is 1.32. The lowest BCUT2D eigenvalue weighted by molar-refractivity contribution is -0.384. The maximum Gasteiger partial charge on any atom is 0.269 e. The van der Waals surface area contributed by atoms with E-state index in [1.54, 1.807) is 6.07 Å². The first kappa shape index (κ1) is 16.1. The lowest BCUT2D eigenvalue weighted by atomic mass is 10.2. The molecule has 1 N–H and O–H groups in total. The van der Waals surface area contributed by atoms with E-state index < -0.39 is 14.9 Å². The highest BCUT2D eigenvalue weighted by Gasteiger charge is 2.13. The van der Waals surface area contributed by atoms with Crippen LogP contribution in [0.3, 0.4) is 0 Å². The molecular formula is C15H16N2O4S. The van der Waals surface area contributed by atoms with Gasteiger partial charge in [-0.2, -0.15) is 0 Å². The van der Waals surface area contributed by atoms with Crippen LogP contribution < -0.4 is 4.72 Å². The van der Waals surface area contributed by atoms with Gasteiger partial charge in [0.25, 0.3) is 5.69 Å². The van der Waals surface area contributed by atoms with Crippen molar-refractivity contribution >= 4 is 15.7 Å². The van der Waals surface area contributed by atoms with Crippen molar-refractivity contribution in [1.82, 2.24) is 4.72 Å². The minimum absolute atomic E-state index is 0.114. The van der Waals surface area contributed by atoms with Crippen LogP contribution in [-0.4, -0.2) is 19.9 Å². The number of non-ortho nitro benzene ring substituents is 1. The molecule has 0 aliphatic heterocycles. The molecule has 0 spiro atoms. The first-order valence-corrected chi connectivity index (χ1v) is 8.36. The van der Waals surface area contributed by atoms with Crippen LogP contribution in [0.15, 0.2) is 54.6 Å². The molecule has 6 nitrogen and oxygen atoms in total. The van der Waals surface area contributed by atoms with Crippen molar-refractivity contribution in [3.8, 4) is 0 Å². The number of nitrogens with one attached hydrogen (secondary N) is 1. The maximum absolute atomic E-state index is 12.0. The molecule has 116 valence electrons. The van der Waals surface area contributed by atoms with Crippen molar-refractivity contribution in [2.75, 3.05) is 6.54 Å². The van der Waals surface area contributed by atoms with Crippen LogP contribution in [0.1, 0.15) is 11.1 Å². The van der Waals surface area contributed by atoms with Gasteiger partial charge in [0.05, 0.1) is 10.7 Å². The summed E-state index contributed by atoms with van der Waals surface area (Å²) >= 11 is 0. The standard InChI is InChI=1S/C15H16N2O4S/c18-17(19)15-8-4-7-14(11-15)12-22(20,21)16-10-9-13-5-2-1-3-6-13/h1-8,11,16H,9-10,12H2. The van der Waals surface area contributed by atoms with Crippen molar-refractivity contribution < 1.29 is 13.3 Å². The quantitative estimate of drug-likeness (QED) is 0.626. The molecular weight excluding hydrogens is 304 g/mol. The van der Waals surface area contributed by atoms with Gasteiger partial charge in [-0.3, -0.25) is 10.1 Å². The highest BCUT2D eigenvalue weighted by atomic mass is 32.2. The zero-order chi connectivity index (χ0) is 16.0. The number of rotatable bonds is 7. The molecule has 0 amide bonds. The fourth-order valence-corrected chi connectivity index (χ4v) is 3.16. The van der Waals surface area contributed by atoms with Gasteiger partial charge in [-0.15, -0.1) is 0 Å². The van der Waals surface area contributed by atoms with Crippen LogP contribution in [0.4, 0.5) is 5.69 Å². The molecule has 0 radical (unpaired) electrons. The number of hydrogen-bond donors (Lipinski definition) is 1. The summed E-state index contributed by atoms with van der Waals surface area (Å²) in [7, 11) is -3.52. The number of nitro groups is 1. The van der Waals surface area contributed by atoms with Gasteiger partial charge in [-0.25, -0.2) is 13.1 Å². The van der Waals surface area contributed by atoms with Crippen molar-refractivity contribution in [2.24, 2.45) is 0 Å². The first-order chi connectivity index (χ1) is 10.5. The van der Waals surface area contributed by atoms with Gasteiger partial charge in [-0.1, -0.05) is 42.5 Å². The predicted octanol–water partition coefficient (Wildman–Crippen LogP) is 2.26. The summed E-state index contributed by atoms with van der Waals surface area (Å²) in [6, 6.07) is 15.2. The number of benzene rings is 2. The van der Waals surface area contributed by atoms with E-state index in [1.165, 1.54) is 18.2 Å². The Hall–Kier alpha value is -2.25. The van der Waals surface area contributed by atoms with Crippen molar-refractivity contribution in [3.63, 3.8) is 0 Å². The van der Waals surface area contributed by atoms with Gasteiger partial charge in [0.15, 0.2) is 0 Å². The van der Waals surface area contributed by atoms with Gasteiger partial charge in [0, 0.05) is 18.7 Å². The van der Waals surface area contributed by atoms with Crippen LogP contribution in [0.2, 0.25) is 0 Å². The molecule has 0 unspecified atom stereocenters. The van der Waals surface area contributed by atoms with Crippen molar-refractivity contribution in [2.45, 2.75) is 12.2 Å². The summed E-state index contributed by atoms with van der Waals surface area (Å²) in [4.78, 5) is 10.1. The summed E-state index contributed by atoms with van der Waals surface area (Å²) < 4.78 is 26.5. The molecule has 7 heteroatoms. The Bertz CT molecular complexity index is 745. The second kappa shape index (κ2) is 7.15. The highest BCUT2D eigenvalue weighted by molar-refractivity contribution is 7.88. The normalized spacial score (nSPS) is 11.3. The lowest BCUT2D eigenvalue weighted by Crippen LogP contribution is -2.27. The van der Waals surface area contributed by atoms with Crippen LogP contribution in [0.5, 0.6) is 0 Å². The number of hydrogen-bond acceptors (Lipinski definition) is 4. The average Bonchev–Trinajstić information content (AvgIpc) is 2.48. The van der Waals surface area contributed by atoms with E-state index in [-0.39, 0.29) is 11.4 Å². The Labute approximate surface area is 129 Å². The van der Waals surface area contributed by atoms with E-state index in [0.29, 0.717) is 18.5 Å². The lowest BCUT2D eigenvalue weighted by Gasteiger charge is -2.07. The third kappa shape index (κ3) is 4.94. The topological polar surface area (TPSA) is 89.3 Å². The van der Waals surface area contributed by atoms with E-state index in [2.05, 4.69) is 4.72 Å². The summed E-state index contributed by atoms with van der Waals surface area (Å²) in [5, 5.41) is 10.7. The number of nitro benzene ring substituents is 1. The minimum atomic E-state index is -3.52. The molecule has 2 rings (SSSR count). The smallest absolute Gasteiger partial charge is 0.258 e. The van der Waals surface area contributed by atoms with Gasteiger partial charge in [-0.05, 0) is 17.5 Å². The number of sulfonamides is 1. The zero-order valence-corrected chi connectivity index (χ0v) is 12.6. The number of nitrogens with zero attached hydrogens (tertiary/aromatic N) is 1. The summed E-state index contributed by atoms with van der Waals surface area (Å²) in [6.45, 7) is 0.293. The Morgan fingerprint density at radius 2 is 1.68 bits per heavy atom. The monoisotopic (exact) mass is 320 g/mol. The Morgan fingerprint density at radius 1 is 1.00 bits per heavy atom. The molecule has 0 aliphatic rings. The van der Waals surface area contributed by atoms with Crippen LogP contribution in [0.25, 0.3) is 0 Å². The Morgan fingerprint density at radius 3 is 2.36 bits per heavy atom. The van der Waals surface area contributed by atoms with Crippen LogP contribution in [0, 0.1) is 10.1 Å². The Kier molecular flexibility index (Phi) is 5.24. The maximum atomic E-state index is 12.0. The molecule has 0 saturated carbocycles. The largest absolute Gasteiger partial charge is 0.269 e. The van der Waals surface area contributed by atoms with Crippen molar-refractivity contribution in [1.29, 1.82) is 0 Å².